The summed E-state index contributed by atoms with van der Waals surface area (Å²) in [6.45, 7) is 0.524. The Kier molecular flexibility index (Phi) is 3.41. The Labute approximate surface area is 94.5 Å². The van der Waals surface area contributed by atoms with Gasteiger partial charge >= 0.3 is 5.97 Å². The van der Waals surface area contributed by atoms with Crippen molar-refractivity contribution in [2.24, 2.45) is 0 Å². The highest BCUT2D eigenvalue weighted by Crippen LogP contribution is 2.29. The number of aliphatic hydroxyl groups is 1. The maximum Gasteiger partial charge on any atom is 0.339 e. The van der Waals surface area contributed by atoms with Gasteiger partial charge in [0, 0.05) is 0 Å². The molecule has 0 fully saturated rings. The lowest BCUT2D eigenvalue weighted by Crippen LogP contribution is -2.10. The van der Waals surface area contributed by atoms with Crippen LogP contribution in [-0.2, 0) is 6.61 Å². The van der Waals surface area contributed by atoms with E-state index < -0.39 is 28.8 Å². The molecule has 0 aromatic carbocycles. The minimum Gasteiger partial charge on any atom is -0.478 e. The summed E-state index contributed by atoms with van der Waals surface area (Å²) in [5.74, 6) is -1.47. The zero-order valence-corrected chi connectivity index (χ0v) is 8.85. The number of aryl methyl sites for hydroxylation is 1. The van der Waals surface area contributed by atoms with Gasteiger partial charge in [-0.1, -0.05) is 11.6 Å². The van der Waals surface area contributed by atoms with Gasteiger partial charge in [-0.2, -0.15) is 0 Å². The second-order valence-electron chi connectivity index (χ2n) is 2.91. The number of nitro groups is 1. The number of carboxylic acids is 1. The monoisotopic (exact) mass is 246 g/mol. The van der Waals surface area contributed by atoms with Crippen molar-refractivity contribution in [2.45, 2.75) is 13.5 Å². The smallest absolute Gasteiger partial charge is 0.339 e. The number of nitrogens with zero attached hydrogens (tertiary/aromatic N) is 2. The first-order chi connectivity index (χ1) is 7.40. The van der Waals surface area contributed by atoms with Crippen molar-refractivity contribution in [1.29, 1.82) is 0 Å². The second-order valence-corrected chi connectivity index (χ2v) is 3.27. The molecule has 0 atom stereocenters. The molecule has 0 saturated carbocycles. The van der Waals surface area contributed by atoms with E-state index in [1.54, 1.807) is 0 Å². The molecule has 0 aliphatic heterocycles. The summed E-state index contributed by atoms with van der Waals surface area (Å²) in [6, 6.07) is 0. The molecule has 16 heavy (non-hydrogen) atoms. The lowest BCUT2D eigenvalue weighted by Gasteiger charge is -2.07. The summed E-state index contributed by atoms with van der Waals surface area (Å²) in [6.07, 6.45) is 0. The average Bonchev–Trinajstić information content (AvgIpc) is 2.14. The van der Waals surface area contributed by atoms with Gasteiger partial charge in [-0.05, 0) is 6.92 Å². The van der Waals surface area contributed by atoms with Crippen LogP contribution >= 0.6 is 11.6 Å². The van der Waals surface area contributed by atoms with E-state index in [2.05, 4.69) is 4.98 Å². The number of aromatic carboxylic acids is 1. The molecule has 0 spiro atoms. The molecular formula is C8H7ClN2O5. The minimum atomic E-state index is -1.47. The fraction of sp³-hybridized carbons (Fsp3) is 0.250. The molecule has 7 nitrogen and oxygen atoms in total. The van der Waals surface area contributed by atoms with Crippen LogP contribution in [0.1, 0.15) is 21.6 Å². The number of carbonyl (C=O) groups is 1. The molecule has 0 unspecified atom stereocenters. The standard InChI is InChI=1S/C8H7ClN2O5/c1-3-6(11(15)16)4(2-12)5(8(13)14)7(9)10-3/h12H,2H2,1H3,(H,13,14). The average molecular weight is 247 g/mol. The normalized spacial score (nSPS) is 10.2. The number of aromatic nitrogens is 1. The molecule has 0 aliphatic carbocycles. The quantitative estimate of drug-likeness (QED) is 0.470. The number of pyridine rings is 1. The Hall–Kier alpha value is -1.73. The lowest BCUT2D eigenvalue weighted by molar-refractivity contribution is -0.386. The molecule has 86 valence electrons. The van der Waals surface area contributed by atoms with Crippen molar-refractivity contribution in [1.82, 2.24) is 4.98 Å². The largest absolute Gasteiger partial charge is 0.478 e. The summed E-state index contributed by atoms with van der Waals surface area (Å²) in [5, 5.41) is 28.1. The van der Waals surface area contributed by atoms with Crippen LogP contribution in [0.2, 0.25) is 5.15 Å². The van der Waals surface area contributed by atoms with Crippen LogP contribution in [0, 0.1) is 17.0 Å². The maximum absolute atomic E-state index is 10.8. The van der Waals surface area contributed by atoms with Crippen LogP contribution in [-0.4, -0.2) is 26.1 Å². The highest BCUT2D eigenvalue weighted by atomic mass is 35.5. The SMILES string of the molecule is Cc1nc(Cl)c(C(=O)O)c(CO)c1[N+](=O)[O-]. The molecule has 1 aromatic heterocycles. The van der Waals surface area contributed by atoms with E-state index >= 15 is 0 Å². The second kappa shape index (κ2) is 4.42. The molecule has 1 rings (SSSR count). The summed E-state index contributed by atoms with van der Waals surface area (Å²) < 4.78 is 0. The predicted molar refractivity (Wildman–Crippen MR) is 53.5 cm³/mol. The topological polar surface area (TPSA) is 114 Å². The van der Waals surface area contributed by atoms with Gasteiger partial charge in [0.1, 0.15) is 16.4 Å². The van der Waals surface area contributed by atoms with E-state index in [0.29, 0.717) is 0 Å². The molecule has 0 radical (unpaired) electrons. The fourth-order valence-corrected chi connectivity index (χ4v) is 1.65. The number of rotatable bonds is 3. The molecule has 2 N–H and O–H groups in total. The third-order valence-corrected chi connectivity index (χ3v) is 2.23. The number of hydrogen-bond donors (Lipinski definition) is 2. The molecule has 8 heteroatoms. The van der Waals surface area contributed by atoms with Crippen LogP contribution < -0.4 is 0 Å². The zero-order chi connectivity index (χ0) is 12.5. The molecular weight excluding hydrogens is 240 g/mol. The molecule has 0 saturated heterocycles. The summed E-state index contributed by atoms with van der Waals surface area (Å²) in [5.41, 5.74) is -1.44. The lowest BCUT2D eigenvalue weighted by atomic mass is 10.1. The first kappa shape index (κ1) is 12.3. The predicted octanol–water partition coefficient (Wildman–Crippen LogP) is 1.14. The van der Waals surface area contributed by atoms with Crippen molar-refractivity contribution in [3.05, 3.63) is 32.1 Å². The minimum absolute atomic E-state index is 0.0379. The van der Waals surface area contributed by atoms with Crippen molar-refractivity contribution < 1.29 is 19.9 Å². The van der Waals surface area contributed by atoms with Crippen LogP contribution in [0.4, 0.5) is 5.69 Å². The maximum atomic E-state index is 10.8. The van der Waals surface area contributed by atoms with Gasteiger partial charge in [0.25, 0.3) is 5.69 Å². The fourth-order valence-electron chi connectivity index (χ4n) is 1.33. The Morgan fingerprint density at radius 3 is 2.56 bits per heavy atom. The van der Waals surface area contributed by atoms with Gasteiger partial charge in [-0.15, -0.1) is 0 Å². The van der Waals surface area contributed by atoms with Gasteiger partial charge in [-0.3, -0.25) is 10.1 Å². The number of hydrogen-bond acceptors (Lipinski definition) is 5. The van der Waals surface area contributed by atoms with E-state index in [1.807, 2.05) is 0 Å². The van der Waals surface area contributed by atoms with E-state index in [1.165, 1.54) is 6.92 Å². The first-order valence-electron chi connectivity index (χ1n) is 4.07. The Morgan fingerprint density at radius 1 is 1.62 bits per heavy atom. The van der Waals surface area contributed by atoms with Gasteiger partial charge in [0.05, 0.1) is 17.1 Å². The van der Waals surface area contributed by atoms with Gasteiger partial charge in [0.15, 0.2) is 0 Å². The summed E-state index contributed by atoms with van der Waals surface area (Å²) >= 11 is 5.56. The van der Waals surface area contributed by atoms with Crippen molar-refractivity contribution >= 4 is 23.3 Å². The van der Waals surface area contributed by atoms with Gasteiger partial charge in [0.2, 0.25) is 0 Å². The third kappa shape index (κ3) is 1.95. The summed E-state index contributed by atoms with van der Waals surface area (Å²) in [4.78, 5) is 24.3. The van der Waals surface area contributed by atoms with Gasteiger partial charge < -0.3 is 10.2 Å². The Morgan fingerprint density at radius 2 is 2.19 bits per heavy atom. The Balaban J connectivity index is 3.69. The van der Waals surface area contributed by atoms with E-state index in [4.69, 9.17) is 21.8 Å². The van der Waals surface area contributed by atoms with Crippen LogP contribution in [0.15, 0.2) is 0 Å². The van der Waals surface area contributed by atoms with Crippen molar-refractivity contribution in [2.75, 3.05) is 0 Å². The summed E-state index contributed by atoms with van der Waals surface area (Å²) in [7, 11) is 0. The number of halogens is 1. The van der Waals surface area contributed by atoms with E-state index in [9.17, 15) is 14.9 Å². The van der Waals surface area contributed by atoms with E-state index in [-0.39, 0.29) is 16.4 Å². The van der Waals surface area contributed by atoms with Crippen LogP contribution in [0.25, 0.3) is 0 Å². The first-order valence-corrected chi connectivity index (χ1v) is 4.45. The number of aliphatic hydroxyl groups excluding tert-OH is 1. The highest BCUT2D eigenvalue weighted by molar-refractivity contribution is 6.32. The van der Waals surface area contributed by atoms with Crippen molar-refractivity contribution in [3.63, 3.8) is 0 Å². The van der Waals surface area contributed by atoms with Gasteiger partial charge in [-0.25, -0.2) is 9.78 Å². The zero-order valence-electron chi connectivity index (χ0n) is 8.10. The van der Waals surface area contributed by atoms with E-state index in [0.717, 1.165) is 0 Å². The highest BCUT2D eigenvalue weighted by Gasteiger charge is 2.27. The van der Waals surface area contributed by atoms with Crippen LogP contribution in [0.3, 0.4) is 0 Å². The molecule has 0 aliphatic rings. The van der Waals surface area contributed by atoms with Crippen molar-refractivity contribution in [3.8, 4) is 0 Å². The molecule has 1 heterocycles. The molecule has 0 bridgehead atoms. The molecule has 0 amide bonds. The third-order valence-electron chi connectivity index (χ3n) is 1.96. The number of carboxylic acid groups (broad SMARTS) is 1. The molecule has 1 aromatic rings. The Bertz CT molecular complexity index is 436. The van der Waals surface area contributed by atoms with Crippen LogP contribution in [0.5, 0.6) is 0 Å².